The maximum absolute atomic E-state index is 13.1. The van der Waals surface area contributed by atoms with Gasteiger partial charge in [-0.25, -0.2) is 0 Å². The summed E-state index contributed by atoms with van der Waals surface area (Å²) >= 11 is 0. The second-order valence-electron chi connectivity index (χ2n) is 10.3. The second-order valence-corrected chi connectivity index (χ2v) is 10.3. The van der Waals surface area contributed by atoms with Gasteiger partial charge in [-0.3, -0.25) is 4.79 Å². The lowest BCUT2D eigenvalue weighted by molar-refractivity contribution is -0.903. The van der Waals surface area contributed by atoms with Gasteiger partial charge in [0.1, 0.15) is 12.3 Å². The fourth-order valence-corrected chi connectivity index (χ4v) is 4.56. The fourth-order valence-electron chi connectivity index (χ4n) is 4.56. The molecule has 0 unspecified atom stereocenters. The Balaban J connectivity index is 1.44. The van der Waals surface area contributed by atoms with Crippen molar-refractivity contribution in [2.24, 2.45) is 0 Å². The standard InChI is InChI=1S/C31H36N2O3/c1-23-6-10-25(11-7-23)26-12-15-30-28(20-26)21-27(16-19-36-30)31(35)32-29-13-8-24(9-14-29)22-33(2,3)17-4-5-18-34/h6-15,20-21,34H,4-5,16-19,22H2,1-3H3/p+1. The molecule has 2 N–H and O–H groups in total. The number of unbranched alkanes of at least 4 members (excludes halogenated alkanes) is 1. The van der Waals surface area contributed by atoms with Crippen molar-refractivity contribution in [3.8, 4) is 16.9 Å². The number of rotatable bonds is 9. The third-order valence-electron chi connectivity index (χ3n) is 6.64. The first kappa shape index (κ1) is 25.7. The Labute approximate surface area is 214 Å². The van der Waals surface area contributed by atoms with Crippen molar-refractivity contribution in [2.45, 2.75) is 32.7 Å². The molecule has 3 aromatic rings. The number of nitrogens with zero attached hydrogens (tertiary/aromatic N) is 1. The van der Waals surface area contributed by atoms with Crippen LogP contribution in [0.15, 0.2) is 72.3 Å². The van der Waals surface area contributed by atoms with E-state index in [2.05, 4.69) is 74.9 Å². The summed E-state index contributed by atoms with van der Waals surface area (Å²) in [7, 11) is 4.41. The van der Waals surface area contributed by atoms with Gasteiger partial charge in [0, 0.05) is 35.4 Å². The molecule has 5 nitrogen and oxygen atoms in total. The van der Waals surface area contributed by atoms with Gasteiger partial charge in [0.05, 0.1) is 27.2 Å². The molecule has 0 atom stereocenters. The number of carbonyl (C=O) groups excluding carboxylic acids is 1. The highest BCUT2D eigenvalue weighted by atomic mass is 16.5. The number of hydrogen-bond donors (Lipinski definition) is 2. The smallest absolute Gasteiger partial charge is 0.251 e. The first-order valence-electron chi connectivity index (χ1n) is 12.7. The lowest BCUT2D eigenvalue weighted by Gasteiger charge is -2.30. The van der Waals surface area contributed by atoms with Gasteiger partial charge in [-0.05, 0) is 61.2 Å². The Bertz CT molecular complexity index is 1210. The molecule has 0 fully saturated rings. The van der Waals surface area contributed by atoms with Crippen LogP contribution in [0.4, 0.5) is 5.69 Å². The van der Waals surface area contributed by atoms with E-state index in [0.717, 1.165) is 58.5 Å². The quantitative estimate of drug-likeness (QED) is 0.297. The van der Waals surface area contributed by atoms with Gasteiger partial charge < -0.3 is 19.6 Å². The number of fused-ring (bicyclic) bond motifs is 1. The lowest BCUT2D eigenvalue weighted by atomic mass is 10.00. The summed E-state index contributed by atoms with van der Waals surface area (Å²) in [6.45, 7) is 4.72. The summed E-state index contributed by atoms with van der Waals surface area (Å²) in [5, 5.41) is 12.1. The summed E-state index contributed by atoms with van der Waals surface area (Å²) < 4.78 is 6.80. The van der Waals surface area contributed by atoms with Gasteiger partial charge in [0.15, 0.2) is 0 Å². The average Bonchev–Trinajstić information content (AvgIpc) is 3.08. The van der Waals surface area contributed by atoms with Crippen molar-refractivity contribution in [3.05, 3.63) is 89.0 Å². The van der Waals surface area contributed by atoms with E-state index in [1.807, 2.05) is 24.3 Å². The SMILES string of the molecule is Cc1ccc(-c2ccc3c(c2)C=C(C(=O)Nc2ccc(C[N+](C)(C)CCCCO)cc2)CCO3)cc1. The fraction of sp³-hybridized carbons (Fsp3) is 0.323. The van der Waals surface area contributed by atoms with Gasteiger partial charge in [0.25, 0.3) is 5.91 Å². The Kier molecular flexibility index (Phi) is 8.24. The molecule has 1 aliphatic rings. The minimum absolute atomic E-state index is 0.0972. The number of nitrogens with one attached hydrogen (secondary N) is 1. The highest BCUT2D eigenvalue weighted by molar-refractivity contribution is 6.07. The average molecular weight is 486 g/mol. The largest absolute Gasteiger partial charge is 0.493 e. The van der Waals surface area contributed by atoms with E-state index in [0.29, 0.717) is 18.6 Å². The lowest BCUT2D eigenvalue weighted by Crippen LogP contribution is -2.39. The molecular weight excluding hydrogens is 448 g/mol. The maximum Gasteiger partial charge on any atom is 0.251 e. The predicted molar refractivity (Wildman–Crippen MR) is 147 cm³/mol. The number of anilines is 1. The minimum atomic E-state index is -0.0972. The van der Waals surface area contributed by atoms with Crippen molar-refractivity contribution in [3.63, 3.8) is 0 Å². The second kappa shape index (κ2) is 11.5. The number of quaternary nitrogens is 1. The van der Waals surface area contributed by atoms with Crippen LogP contribution in [0.1, 0.15) is 36.0 Å². The molecule has 1 heterocycles. The third-order valence-corrected chi connectivity index (χ3v) is 6.64. The van der Waals surface area contributed by atoms with Crippen LogP contribution < -0.4 is 10.1 Å². The summed E-state index contributed by atoms with van der Waals surface area (Å²) in [6.07, 6.45) is 4.35. The summed E-state index contributed by atoms with van der Waals surface area (Å²) in [5.41, 5.74) is 7.11. The molecule has 188 valence electrons. The van der Waals surface area contributed by atoms with Crippen LogP contribution in [0.25, 0.3) is 17.2 Å². The number of aryl methyl sites for hydroxylation is 1. The topological polar surface area (TPSA) is 58.6 Å². The molecular formula is C31H37N2O3+. The zero-order valence-electron chi connectivity index (χ0n) is 21.6. The van der Waals surface area contributed by atoms with Gasteiger partial charge in [-0.2, -0.15) is 0 Å². The number of ether oxygens (including phenoxy) is 1. The maximum atomic E-state index is 13.1. The van der Waals surface area contributed by atoms with Crippen molar-refractivity contribution in [1.82, 2.24) is 0 Å². The molecule has 0 radical (unpaired) electrons. The number of aliphatic hydroxyl groups excluding tert-OH is 1. The van der Waals surface area contributed by atoms with Gasteiger partial charge in [-0.1, -0.05) is 48.0 Å². The Morgan fingerprint density at radius 2 is 1.69 bits per heavy atom. The zero-order chi connectivity index (χ0) is 25.5. The molecule has 0 bridgehead atoms. The zero-order valence-corrected chi connectivity index (χ0v) is 21.6. The molecule has 0 aromatic heterocycles. The van der Waals surface area contributed by atoms with Gasteiger partial charge in [0.2, 0.25) is 0 Å². The number of hydrogen-bond acceptors (Lipinski definition) is 3. The van der Waals surface area contributed by atoms with E-state index >= 15 is 0 Å². The normalized spacial score (nSPS) is 13.3. The molecule has 36 heavy (non-hydrogen) atoms. The van der Waals surface area contributed by atoms with E-state index < -0.39 is 0 Å². The molecule has 0 saturated heterocycles. The van der Waals surface area contributed by atoms with E-state index in [4.69, 9.17) is 9.84 Å². The molecule has 0 spiro atoms. The summed E-state index contributed by atoms with van der Waals surface area (Å²) in [5.74, 6) is 0.706. The van der Waals surface area contributed by atoms with Gasteiger partial charge in [-0.15, -0.1) is 0 Å². The number of amides is 1. The van der Waals surface area contributed by atoms with Crippen molar-refractivity contribution in [1.29, 1.82) is 0 Å². The van der Waals surface area contributed by atoms with E-state index in [9.17, 15) is 4.79 Å². The molecule has 3 aromatic carbocycles. The summed E-state index contributed by atoms with van der Waals surface area (Å²) in [4.78, 5) is 13.1. The van der Waals surface area contributed by atoms with Crippen LogP contribution in [0.2, 0.25) is 0 Å². The van der Waals surface area contributed by atoms with Crippen LogP contribution in [0, 0.1) is 6.92 Å². The van der Waals surface area contributed by atoms with Crippen molar-refractivity contribution in [2.75, 3.05) is 39.2 Å². The van der Waals surface area contributed by atoms with Crippen molar-refractivity contribution < 1.29 is 19.1 Å². The highest BCUT2D eigenvalue weighted by Crippen LogP contribution is 2.31. The van der Waals surface area contributed by atoms with E-state index in [-0.39, 0.29) is 12.5 Å². The van der Waals surface area contributed by atoms with Crippen LogP contribution in [-0.4, -0.2) is 49.4 Å². The molecule has 1 amide bonds. The van der Waals surface area contributed by atoms with E-state index in [1.165, 1.54) is 11.1 Å². The van der Waals surface area contributed by atoms with E-state index in [1.54, 1.807) is 0 Å². The monoisotopic (exact) mass is 485 g/mol. The van der Waals surface area contributed by atoms with Crippen LogP contribution in [0.3, 0.4) is 0 Å². The van der Waals surface area contributed by atoms with Crippen molar-refractivity contribution >= 4 is 17.7 Å². The van der Waals surface area contributed by atoms with Crippen LogP contribution in [0.5, 0.6) is 5.75 Å². The molecule has 4 rings (SSSR count). The number of carbonyl (C=O) groups is 1. The first-order valence-corrected chi connectivity index (χ1v) is 12.7. The van der Waals surface area contributed by atoms with Crippen LogP contribution in [-0.2, 0) is 11.3 Å². The first-order chi connectivity index (χ1) is 17.3. The predicted octanol–water partition coefficient (Wildman–Crippen LogP) is 5.82. The molecule has 1 aliphatic heterocycles. The van der Waals surface area contributed by atoms with Crippen LogP contribution >= 0.6 is 0 Å². The molecule has 0 saturated carbocycles. The Hall–Kier alpha value is -3.41. The Morgan fingerprint density at radius 1 is 0.972 bits per heavy atom. The minimum Gasteiger partial charge on any atom is -0.493 e. The summed E-state index contributed by atoms with van der Waals surface area (Å²) in [6, 6.07) is 22.7. The number of benzene rings is 3. The third kappa shape index (κ3) is 6.84. The molecule has 0 aliphatic carbocycles. The highest BCUT2D eigenvalue weighted by Gasteiger charge is 2.18. The van der Waals surface area contributed by atoms with Gasteiger partial charge >= 0.3 is 0 Å². The Morgan fingerprint density at radius 3 is 2.42 bits per heavy atom. The molecule has 5 heteroatoms. The number of aliphatic hydroxyl groups is 1.